The number of hydrogen-bond donors (Lipinski definition) is 2. The molecule has 0 atom stereocenters. The summed E-state index contributed by atoms with van der Waals surface area (Å²) < 4.78 is 0. The molecule has 1 aliphatic rings. The van der Waals surface area contributed by atoms with Crippen molar-refractivity contribution in [3.8, 4) is 0 Å². The van der Waals surface area contributed by atoms with Crippen molar-refractivity contribution < 1.29 is 4.79 Å². The summed E-state index contributed by atoms with van der Waals surface area (Å²) in [5, 5.41) is 6.10. The second kappa shape index (κ2) is 7.24. The van der Waals surface area contributed by atoms with Gasteiger partial charge in [0.1, 0.15) is 5.82 Å². The number of hydrogen-bond acceptors (Lipinski definition) is 4. The quantitative estimate of drug-likeness (QED) is 0.759. The average molecular weight is 276 g/mol. The first kappa shape index (κ1) is 14.8. The van der Waals surface area contributed by atoms with Gasteiger partial charge in [0.05, 0.1) is 5.56 Å². The first-order valence-electron chi connectivity index (χ1n) is 7.47. The Balaban J connectivity index is 1.85. The van der Waals surface area contributed by atoms with E-state index in [9.17, 15) is 4.79 Å². The van der Waals surface area contributed by atoms with E-state index in [1.54, 1.807) is 18.3 Å². The minimum atomic E-state index is -0.0547. The van der Waals surface area contributed by atoms with Crippen LogP contribution in [0.1, 0.15) is 37.0 Å². The number of nitrogens with one attached hydrogen (secondary N) is 2. The predicted octanol–water partition coefficient (Wildman–Crippen LogP) is 1.73. The summed E-state index contributed by atoms with van der Waals surface area (Å²) in [6.45, 7) is 7.57. The Morgan fingerprint density at radius 2 is 2.25 bits per heavy atom. The molecule has 110 valence electrons. The smallest absolute Gasteiger partial charge is 0.255 e. The summed E-state index contributed by atoms with van der Waals surface area (Å²) in [7, 11) is 0. The first-order valence-corrected chi connectivity index (χ1v) is 7.47. The fourth-order valence-corrected chi connectivity index (χ4v) is 2.34. The molecule has 1 fully saturated rings. The summed E-state index contributed by atoms with van der Waals surface area (Å²) in [6, 6.07) is 4.34. The zero-order valence-electron chi connectivity index (χ0n) is 12.4. The van der Waals surface area contributed by atoms with Crippen LogP contribution in [0.2, 0.25) is 0 Å². The molecule has 2 rings (SSSR count). The van der Waals surface area contributed by atoms with Crippen LogP contribution in [0.4, 0.5) is 5.82 Å². The van der Waals surface area contributed by atoms with Crippen LogP contribution in [0.25, 0.3) is 0 Å². The lowest BCUT2D eigenvalue weighted by Crippen LogP contribution is -2.36. The fourth-order valence-electron chi connectivity index (χ4n) is 2.34. The van der Waals surface area contributed by atoms with Crippen molar-refractivity contribution in [1.29, 1.82) is 0 Å². The summed E-state index contributed by atoms with van der Waals surface area (Å²) in [5.74, 6) is 0.600. The van der Waals surface area contributed by atoms with E-state index in [2.05, 4.69) is 27.4 Å². The van der Waals surface area contributed by atoms with Crippen LogP contribution in [-0.2, 0) is 0 Å². The molecule has 1 aliphatic carbocycles. The van der Waals surface area contributed by atoms with Gasteiger partial charge in [0.2, 0.25) is 0 Å². The highest BCUT2D eigenvalue weighted by Gasteiger charge is 2.27. The van der Waals surface area contributed by atoms with Crippen molar-refractivity contribution in [1.82, 2.24) is 15.2 Å². The molecule has 1 amide bonds. The van der Waals surface area contributed by atoms with Crippen LogP contribution in [0.15, 0.2) is 18.3 Å². The van der Waals surface area contributed by atoms with Crippen molar-refractivity contribution in [3.63, 3.8) is 0 Å². The number of anilines is 1. The Labute approximate surface area is 120 Å². The number of likely N-dealkylation sites (N-methyl/N-ethyl adjacent to an activating group) is 1. The van der Waals surface area contributed by atoms with Gasteiger partial charge in [-0.3, -0.25) is 9.69 Å². The van der Waals surface area contributed by atoms with Crippen LogP contribution < -0.4 is 10.6 Å². The van der Waals surface area contributed by atoms with E-state index in [0.717, 1.165) is 25.7 Å². The van der Waals surface area contributed by atoms with Gasteiger partial charge in [-0.1, -0.05) is 6.92 Å². The Kier molecular flexibility index (Phi) is 5.35. The predicted molar refractivity (Wildman–Crippen MR) is 81.0 cm³/mol. The Morgan fingerprint density at radius 1 is 1.45 bits per heavy atom. The summed E-state index contributed by atoms with van der Waals surface area (Å²) in [6.07, 6.45) is 4.30. The molecule has 0 spiro atoms. The molecule has 20 heavy (non-hydrogen) atoms. The van der Waals surface area contributed by atoms with Crippen LogP contribution in [0.5, 0.6) is 0 Å². The van der Waals surface area contributed by atoms with E-state index in [0.29, 0.717) is 17.9 Å². The van der Waals surface area contributed by atoms with Gasteiger partial charge < -0.3 is 10.6 Å². The molecule has 5 heteroatoms. The lowest BCUT2D eigenvalue weighted by molar-refractivity contribution is 0.0948. The zero-order valence-corrected chi connectivity index (χ0v) is 12.4. The molecular weight excluding hydrogens is 252 g/mol. The maximum atomic E-state index is 12.2. The van der Waals surface area contributed by atoms with Gasteiger partial charge in [-0.05, 0) is 38.4 Å². The molecule has 1 aromatic rings. The third-order valence-corrected chi connectivity index (χ3v) is 3.55. The molecule has 0 radical (unpaired) electrons. The number of carbonyl (C=O) groups excluding carboxylic acids is 1. The van der Waals surface area contributed by atoms with E-state index in [-0.39, 0.29) is 5.91 Å². The maximum Gasteiger partial charge on any atom is 0.255 e. The molecular formula is C15H24N4O. The lowest BCUT2D eigenvalue weighted by Gasteiger charge is -2.19. The second-order valence-corrected chi connectivity index (χ2v) is 5.05. The van der Waals surface area contributed by atoms with E-state index >= 15 is 0 Å². The first-order chi connectivity index (χ1) is 9.76. The average Bonchev–Trinajstić information content (AvgIpc) is 3.29. The number of amides is 1. The van der Waals surface area contributed by atoms with Gasteiger partial charge >= 0.3 is 0 Å². The Morgan fingerprint density at radius 3 is 2.90 bits per heavy atom. The topological polar surface area (TPSA) is 57.3 Å². The minimum Gasteiger partial charge on any atom is -0.370 e. The van der Waals surface area contributed by atoms with E-state index in [1.807, 2.05) is 6.92 Å². The zero-order chi connectivity index (χ0) is 14.4. The Hall–Kier alpha value is -1.62. The van der Waals surface area contributed by atoms with Crippen LogP contribution in [-0.4, -0.2) is 48.0 Å². The van der Waals surface area contributed by atoms with Crippen molar-refractivity contribution in [3.05, 3.63) is 23.9 Å². The van der Waals surface area contributed by atoms with Gasteiger partial charge in [0, 0.05) is 31.9 Å². The molecule has 0 saturated heterocycles. The fraction of sp³-hybridized carbons (Fsp3) is 0.600. The molecule has 1 heterocycles. The molecule has 0 aromatic carbocycles. The van der Waals surface area contributed by atoms with Gasteiger partial charge in [0.25, 0.3) is 5.91 Å². The molecule has 5 nitrogen and oxygen atoms in total. The maximum absolute atomic E-state index is 12.2. The second-order valence-electron chi connectivity index (χ2n) is 5.05. The molecule has 1 aromatic heterocycles. The third-order valence-electron chi connectivity index (χ3n) is 3.55. The van der Waals surface area contributed by atoms with Gasteiger partial charge in [-0.2, -0.15) is 0 Å². The van der Waals surface area contributed by atoms with E-state index < -0.39 is 0 Å². The van der Waals surface area contributed by atoms with E-state index in [4.69, 9.17) is 0 Å². The number of nitrogens with zero attached hydrogens (tertiary/aromatic N) is 2. The van der Waals surface area contributed by atoms with Gasteiger partial charge in [-0.25, -0.2) is 4.98 Å². The van der Waals surface area contributed by atoms with Crippen LogP contribution >= 0.6 is 0 Å². The van der Waals surface area contributed by atoms with Crippen LogP contribution in [0.3, 0.4) is 0 Å². The summed E-state index contributed by atoms with van der Waals surface area (Å²) >= 11 is 0. The standard InChI is InChI=1S/C15H24N4O/c1-3-16-14-13(6-5-9-17-14)15(20)18-10-11-19(4-2)12-7-8-12/h5-6,9,12H,3-4,7-8,10-11H2,1-2H3,(H,16,17)(H,18,20). The molecule has 0 unspecified atom stereocenters. The van der Waals surface area contributed by atoms with E-state index in [1.165, 1.54) is 12.8 Å². The van der Waals surface area contributed by atoms with Crippen molar-refractivity contribution in [2.75, 3.05) is 31.5 Å². The summed E-state index contributed by atoms with van der Waals surface area (Å²) in [4.78, 5) is 18.8. The molecule has 1 saturated carbocycles. The highest BCUT2D eigenvalue weighted by atomic mass is 16.1. The number of aromatic nitrogens is 1. The van der Waals surface area contributed by atoms with Crippen molar-refractivity contribution >= 4 is 11.7 Å². The highest BCUT2D eigenvalue weighted by Crippen LogP contribution is 2.25. The van der Waals surface area contributed by atoms with Crippen molar-refractivity contribution in [2.24, 2.45) is 0 Å². The number of rotatable bonds is 8. The summed E-state index contributed by atoms with van der Waals surface area (Å²) in [5.41, 5.74) is 0.615. The molecule has 0 bridgehead atoms. The highest BCUT2D eigenvalue weighted by molar-refractivity contribution is 5.98. The van der Waals surface area contributed by atoms with Gasteiger partial charge in [0.15, 0.2) is 0 Å². The van der Waals surface area contributed by atoms with Crippen LogP contribution in [0, 0.1) is 0 Å². The minimum absolute atomic E-state index is 0.0547. The number of carbonyl (C=O) groups is 1. The Bertz CT molecular complexity index is 445. The van der Waals surface area contributed by atoms with Crippen molar-refractivity contribution in [2.45, 2.75) is 32.7 Å². The normalized spacial score (nSPS) is 14.3. The molecule has 2 N–H and O–H groups in total. The monoisotopic (exact) mass is 276 g/mol. The largest absolute Gasteiger partial charge is 0.370 e. The molecule has 0 aliphatic heterocycles. The lowest BCUT2D eigenvalue weighted by atomic mass is 10.2. The SMILES string of the molecule is CCNc1ncccc1C(=O)NCCN(CC)C1CC1. The van der Waals surface area contributed by atoms with Gasteiger partial charge in [-0.15, -0.1) is 0 Å². The number of pyridine rings is 1. The third kappa shape index (κ3) is 3.93.